The van der Waals surface area contributed by atoms with Crippen LogP contribution in [0.5, 0.6) is 0 Å². The van der Waals surface area contributed by atoms with Crippen molar-refractivity contribution in [3.05, 3.63) is 48.6 Å². The summed E-state index contributed by atoms with van der Waals surface area (Å²) in [4.78, 5) is 37.2. The van der Waals surface area contributed by atoms with Crippen molar-refractivity contribution in [2.24, 2.45) is 0 Å². The molecule has 0 saturated carbocycles. The summed E-state index contributed by atoms with van der Waals surface area (Å²) < 4.78 is 22.7. The maximum absolute atomic E-state index is 12.8. The summed E-state index contributed by atoms with van der Waals surface area (Å²) in [5, 5.41) is 11.8. The van der Waals surface area contributed by atoms with Gasteiger partial charge in [-0.3, -0.25) is 9.59 Å². The first kappa shape index (κ1) is 69.2. The molecule has 0 spiro atoms. The quantitative estimate of drug-likeness (QED) is 0.0195. The first-order valence-corrected chi connectivity index (χ1v) is 30.3. The summed E-state index contributed by atoms with van der Waals surface area (Å²) in [7, 11) is 5.93. The molecular formula is C63H115NO8. The maximum Gasteiger partial charge on any atom is 0.306 e. The van der Waals surface area contributed by atoms with E-state index in [1.165, 1.54) is 186 Å². The van der Waals surface area contributed by atoms with Crippen LogP contribution in [0.2, 0.25) is 0 Å². The standard InChI is InChI=1S/C63H115NO8/c1-6-8-10-12-14-16-18-20-21-22-23-24-25-26-27-28-29-30-31-32-33-34-35-36-37-38-39-40-41-42-44-46-48-50-52-54-61(66)72-59(58-71-63(62(67)68)69-56-55-64(3,4)5)57-70-60(65)53-51-49-47-45-43-19-17-15-13-11-9-7-2/h8,10,14,16,20-21,23-24,59,63H,6-7,9,11-13,15,17-19,22,25-58H2,1-5H3/b10-8-,16-14-,21-20-,24-23-. The number of unbranched alkanes of at least 4 members (excludes halogenated alkanes) is 33. The number of ether oxygens (including phenoxy) is 4. The molecule has 0 aromatic rings. The first-order valence-electron chi connectivity index (χ1n) is 30.3. The zero-order chi connectivity index (χ0) is 52.7. The fraction of sp³-hybridized carbons (Fsp3) is 0.825. The zero-order valence-corrected chi connectivity index (χ0v) is 47.8. The number of carbonyl (C=O) groups is 3. The molecule has 0 heterocycles. The number of hydrogen-bond donors (Lipinski definition) is 0. The highest BCUT2D eigenvalue weighted by molar-refractivity contribution is 5.70. The molecule has 0 aliphatic carbocycles. The lowest BCUT2D eigenvalue weighted by atomic mass is 10.0. The molecule has 2 unspecified atom stereocenters. The molecule has 0 radical (unpaired) electrons. The number of quaternary nitrogens is 1. The molecular weight excluding hydrogens is 899 g/mol. The van der Waals surface area contributed by atoms with E-state index in [0.717, 1.165) is 64.2 Å². The lowest BCUT2D eigenvalue weighted by molar-refractivity contribution is -0.870. The summed E-state index contributed by atoms with van der Waals surface area (Å²) >= 11 is 0. The van der Waals surface area contributed by atoms with Gasteiger partial charge in [0.25, 0.3) is 0 Å². The van der Waals surface area contributed by atoms with Gasteiger partial charge in [0.2, 0.25) is 0 Å². The average Bonchev–Trinajstić information content (AvgIpc) is 3.35. The Kier molecular flexibility index (Phi) is 52.4. The van der Waals surface area contributed by atoms with Crippen LogP contribution in [0.15, 0.2) is 48.6 Å². The van der Waals surface area contributed by atoms with Crippen molar-refractivity contribution < 1.29 is 42.9 Å². The molecule has 0 amide bonds. The molecule has 0 N–H and O–H groups in total. The molecule has 9 nitrogen and oxygen atoms in total. The summed E-state index contributed by atoms with van der Waals surface area (Å²) in [6.45, 7) is 4.66. The average molecular weight is 1010 g/mol. The summed E-state index contributed by atoms with van der Waals surface area (Å²) in [5.74, 6) is -2.26. The van der Waals surface area contributed by atoms with E-state index in [2.05, 4.69) is 62.5 Å². The van der Waals surface area contributed by atoms with Gasteiger partial charge in [-0.1, -0.05) is 262 Å². The Morgan fingerprint density at radius 1 is 0.431 bits per heavy atom. The van der Waals surface area contributed by atoms with E-state index in [4.69, 9.17) is 18.9 Å². The first-order chi connectivity index (χ1) is 35.1. The van der Waals surface area contributed by atoms with Crippen LogP contribution in [-0.4, -0.2) is 82.3 Å². The summed E-state index contributed by atoms with van der Waals surface area (Å²) in [5.41, 5.74) is 0. The minimum atomic E-state index is -1.62. The van der Waals surface area contributed by atoms with Gasteiger partial charge in [-0.2, -0.15) is 0 Å². The van der Waals surface area contributed by atoms with Crippen LogP contribution in [0, 0.1) is 0 Å². The largest absolute Gasteiger partial charge is 0.545 e. The van der Waals surface area contributed by atoms with Crippen LogP contribution in [0.1, 0.15) is 277 Å². The predicted octanol–water partition coefficient (Wildman–Crippen LogP) is 16.5. The summed E-state index contributed by atoms with van der Waals surface area (Å²) in [6.07, 6.45) is 64.7. The van der Waals surface area contributed by atoms with Gasteiger partial charge in [-0.15, -0.1) is 0 Å². The lowest BCUT2D eigenvalue weighted by Crippen LogP contribution is -2.44. The zero-order valence-electron chi connectivity index (χ0n) is 47.8. The lowest BCUT2D eigenvalue weighted by Gasteiger charge is -2.26. The Balaban J connectivity index is 3.99. The smallest absolute Gasteiger partial charge is 0.306 e. The summed E-state index contributed by atoms with van der Waals surface area (Å²) in [6, 6.07) is 0. The van der Waals surface area contributed by atoms with Gasteiger partial charge in [0.15, 0.2) is 12.4 Å². The topological polar surface area (TPSA) is 111 Å². The van der Waals surface area contributed by atoms with Gasteiger partial charge < -0.3 is 33.3 Å². The molecule has 0 aliphatic rings. The van der Waals surface area contributed by atoms with E-state index in [1.807, 2.05) is 21.1 Å². The Morgan fingerprint density at radius 3 is 1.18 bits per heavy atom. The monoisotopic (exact) mass is 1010 g/mol. The van der Waals surface area contributed by atoms with Crippen molar-refractivity contribution >= 4 is 17.9 Å². The van der Waals surface area contributed by atoms with Crippen molar-refractivity contribution in [1.29, 1.82) is 0 Å². The Morgan fingerprint density at radius 2 is 0.792 bits per heavy atom. The highest BCUT2D eigenvalue weighted by atomic mass is 16.7. The number of hydrogen-bond acceptors (Lipinski definition) is 8. The molecule has 2 atom stereocenters. The third-order valence-electron chi connectivity index (χ3n) is 13.3. The molecule has 0 saturated heterocycles. The van der Waals surface area contributed by atoms with E-state index < -0.39 is 24.3 Å². The SMILES string of the molecule is CC/C=C\C/C=C\C/C=C\C/C=C\CCCCCCCCCCCCCCCCCCCCCCCCC(=O)OC(COC(=O)CCCCCCCCCCCCCC)COC(OCC[N+](C)(C)C)C(=O)[O-]. The fourth-order valence-electron chi connectivity index (χ4n) is 8.71. The van der Waals surface area contributed by atoms with Gasteiger partial charge in [0.1, 0.15) is 13.2 Å². The predicted molar refractivity (Wildman–Crippen MR) is 302 cm³/mol. The number of aliphatic carboxylic acids is 1. The molecule has 0 aliphatic heterocycles. The van der Waals surface area contributed by atoms with Gasteiger partial charge >= 0.3 is 11.9 Å². The molecule has 0 aromatic heterocycles. The fourth-order valence-corrected chi connectivity index (χ4v) is 8.71. The van der Waals surface area contributed by atoms with Crippen LogP contribution in [0.4, 0.5) is 0 Å². The van der Waals surface area contributed by atoms with Crippen molar-refractivity contribution in [2.75, 3.05) is 47.5 Å². The van der Waals surface area contributed by atoms with Crippen molar-refractivity contribution in [2.45, 2.75) is 289 Å². The van der Waals surface area contributed by atoms with Crippen LogP contribution in [0.3, 0.4) is 0 Å². The second kappa shape index (κ2) is 54.5. The van der Waals surface area contributed by atoms with Gasteiger partial charge in [-0.05, 0) is 51.4 Å². The molecule has 0 aromatic carbocycles. The van der Waals surface area contributed by atoms with E-state index in [0.29, 0.717) is 17.4 Å². The van der Waals surface area contributed by atoms with Gasteiger partial charge in [0, 0.05) is 12.8 Å². The molecule has 420 valence electrons. The van der Waals surface area contributed by atoms with E-state index in [1.54, 1.807) is 0 Å². The molecule has 0 fully saturated rings. The number of rotatable bonds is 56. The van der Waals surface area contributed by atoms with Gasteiger partial charge in [0.05, 0.1) is 40.3 Å². The second-order valence-corrected chi connectivity index (χ2v) is 21.6. The third-order valence-corrected chi connectivity index (χ3v) is 13.3. The maximum atomic E-state index is 12.8. The molecule has 0 bridgehead atoms. The van der Waals surface area contributed by atoms with Crippen molar-refractivity contribution in [3.63, 3.8) is 0 Å². The van der Waals surface area contributed by atoms with Crippen molar-refractivity contribution in [3.8, 4) is 0 Å². The number of likely N-dealkylation sites (N-methyl/N-ethyl adjacent to an activating group) is 1. The number of esters is 2. The number of carbonyl (C=O) groups excluding carboxylic acids is 3. The van der Waals surface area contributed by atoms with Crippen LogP contribution < -0.4 is 5.11 Å². The number of carboxylic acid groups (broad SMARTS) is 1. The highest BCUT2D eigenvalue weighted by Crippen LogP contribution is 2.17. The molecule has 0 rings (SSSR count). The number of allylic oxidation sites excluding steroid dienone is 8. The Labute approximate surface area is 444 Å². The molecule has 72 heavy (non-hydrogen) atoms. The minimum Gasteiger partial charge on any atom is -0.545 e. The van der Waals surface area contributed by atoms with Crippen LogP contribution in [0.25, 0.3) is 0 Å². The highest BCUT2D eigenvalue weighted by Gasteiger charge is 2.22. The second-order valence-electron chi connectivity index (χ2n) is 21.6. The third kappa shape index (κ3) is 55.0. The van der Waals surface area contributed by atoms with Crippen molar-refractivity contribution in [1.82, 2.24) is 0 Å². The van der Waals surface area contributed by atoms with E-state index >= 15 is 0 Å². The van der Waals surface area contributed by atoms with Crippen LogP contribution in [-0.2, 0) is 33.3 Å². The number of carboxylic acids is 1. The minimum absolute atomic E-state index is 0.150. The van der Waals surface area contributed by atoms with Gasteiger partial charge in [-0.25, -0.2) is 0 Å². The van der Waals surface area contributed by atoms with E-state index in [-0.39, 0.29) is 32.2 Å². The normalized spacial score (nSPS) is 13.1. The number of nitrogens with zero attached hydrogens (tertiary/aromatic N) is 1. The Hall–Kier alpha value is -2.75. The van der Waals surface area contributed by atoms with Crippen LogP contribution >= 0.6 is 0 Å². The Bertz CT molecular complexity index is 1320. The molecule has 9 heteroatoms. The van der Waals surface area contributed by atoms with E-state index in [9.17, 15) is 19.5 Å².